The van der Waals surface area contributed by atoms with Crippen molar-refractivity contribution in [3.05, 3.63) is 0 Å². The van der Waals surface area contributed by atoms with Gasteiger partial charge in [-0.25, -0.2) is 21.1 Å². The minimum atomic E-state index is -3.05. The Balaban J connectivity index is 0.000000231. The molecule has 138 valence electrons. The van der Waals surface area contributed by atoms with E-state index in [2.05, 4.69) is 0 Å². The van der Waals surface area contributed by atoms with Gasteiger partial charge in [-0.3, -0.25) is 0 Å². The van der Waals surface area contributed by atoms with Gasteiger partial charge < -0.3 is 4.74 Å². The quantitative estimate of drug-likeness (QED) is 0.733. The summed E-state index contributed by atoms with van der Waals surface area (Å²) in [5, 5.41) is -0.587. The van der Waals surface area contributed by atoms with Gasteiger partial charge in [-0.1, -0.05) is 0 Å². The molecule has 2 fully saturated rings. The second kappa shape index (κ2) is 8.75. The molecule has 0 aromatic heterocycles. The van der Waals surface area contributed by atoms with Crippen LogP contribution < -0.4 is 0 Å². The van der Waals surface area contributed by atoms with Crippen molar-refractivity contribution in [3.63, 3.8) is 0 Å². The van der Waals surface area contributed by atoms with Gasteiger partial charge >= 0.3 is 0 Å². The minimum absolute atomic E-state index is 0.263. The van der Waals surface area contributed by atoms with E-state index in [-0.39, 0.29) is 10.5 Å². The first-order chi connectivity index (χ1) is 10.6. The summed E-state index contributed by atoms with van der Waals surface area (Å²) in [6.07, 6.45) is 2.04. The van der Waals surface area contributed by atoms with Gasteiger partial charge in [0.05, 0.1) is 23.7 Å². The summed E-state index contributed by atoms with van der Waals surface area (Å²) in [6.45, 7) is 10.3. The van der Waals surface area contributed by atoms with E-state index in [0.717, 1.165) is 25.9 Å². The van der Waals surface area contributed by atoms with Crippen molar-refractivity contribution in [1.82, 2.24) is 8.61 Å². The van der Waals surface area contributed by atoms with Crippen LogP contribution in [-0.2, 0) is 24.8 Å². The molecule has 0 bridgehead atoms. The third-order valence-electron chi connectivity index (χ3n) is 3.95. The van der Waals surface area contributed by atoms with E-state index in [9.17, 15) is 16.8 Å². The molecule has 2 aliphatic rings. The van der Waals surface area contributed by atoms with Crippen LogP contribution in [0.15, 0.2) is 0 Å². The molecule has 0 aliphatic carbocycles. The number of nitrogens with zero attached hydrogens (tertiary/aromatic N) is 2. The lowest BCUT2D eigenvalue weighted by Crippen LogP contribution is -2.43. The van der Waals surface area contributed by atoms with E-state index >= 15 is 0 Å². The first-order valence-electron chi connectivity index (χ1n) is 8.15. The topological polar surface area (TPSA) is 84.0 Å². The van der Waals surface area contributed by atoms with E-state index in [1.54, 1.807) is 32.0 Å². The van der Waals surface area contributed by atoms with Crippen LogP contribution in [0.3, 0.4) is 0 Å². The summed E-state index contributed by atoms with van der Waals surface area (Å²) in [7, 11) is -5.99. The summed E-state index contributed by atoms with van der Waals surface area (Å²) in [5.41, 5.74) is 0. The average molecular weight is 371 g/mol. The molecule has 2 heterocycles. The Hall–Kier alpha value is -0.220. The van der Waals surface area contributed by atoms with Gasteiger partial charge in [0.25, 0.3) is 0 Å². The van der Waals surface area contributed by atoms with Crippen LogP contribution in [0.4, 0.5) is 0 Å². The monoisotopic (exact) mass is 370 g/mol. The predicted molar refractivity (Wildman–Crippen MR) is 91.3 cm³/mol. The molecule has 23 heavy (non-hydrogen) atoms. The van der Waals surface area contributed by atoms with Crippen molar-refractivity contribution in [2.75, 3.05) is 39.4 Å². The van der Waals surface area contributed by atoms with Crippen LogP contribution in [0.1, 0.15) is 40.5 Å². The largest absolute Gasteiger partial charge is 0.379 e. The first-order valence-corrected chi connectivity index (χ1v) is 11.2. The van der Waals surface area contributed by atoms with Crippen LogP contribution in [0, 0.1) is 0 Å². The zero-order valence-corrected chi connectivity index (χ0v) is 16.2. The number of hydrogen-bond acceptors (Lipinski definition) is 5. The molecule has 2 saturated heterocycles. The number of ether oxygens (including phenoxy) is 1. The summed E-state index contributed by atoms with van der Waals surface area (Å²) in [4.78, 5) is 0. The Kier molecular flexibility index (Phi) is 7.92. The van der Waals surface area contributed by atoms with Crippen molar-refractivity contribution < 1.29 is 21.6 Å². The van der Waals surface area contributed by atoms with Crippen molar-refractivity contribution in [2.45, 2.75) is 51.0 Å². The standard InChI is InChI=1S/C7H15NO3S.C7H15NO2S/c1-7(2)12(9,10)8-3-5-11-6-4-8;1-7(2)11(9,10)8-5-3-4-6-8/h7H,3-6H2,1-2H3;7H,3-6H2,1-2H3. The molecule has 2 rings (SSSR count). The Labute approximate surface area is 141 Å². The molecule has 0 N–H and O–H groups in total. The number of hydrogen-bond donors (Lipinski definition) is 0. The fraction of sp³-hybridized carbons (Fsp3) is 1.00. The highest BCUT2D eigenvalue weighted by atomic mass is 32.2. The van der Waals surface area contributed by atoms with Crippen LogP contribution in [0.5, 0.6) is 0 Å². The number of sulfonamides is 2. The van der Waals surface area contributed by atoms with Crippen LogP contribution in [0.2, 0.25) is 0 Å². The SMILES string of the molecule is CC(C)S(=O)(=O)N1CCCC1.CC(C)S(=O)(=O)N1CCOCC1. The zero-order chi connectivity index (χ0) is 17.7. The summed E-state index contributed by atoms with van der Waals surface area (Å²) < 4.78 is 54.2. The number of rotatable bonds is 4. The fourth-order valence-electron chi connectivity index (χ4n) is 2.34. The molecule has 9 heteroatoms. The highest BCUT2D eigenvalue weighted by molar-refractivity contribution is 7.89. The molecule has 0 spiro atoms. The maximum atomic E-state index is 11.6. The second-order valence-electron chi connectivity index (χ2n) is 6.30. The smallest absolute Gasteiger partial charge is 0.216 e. The molecule has 2 aliphatic heterocycles. The van der Waals surface area contributed by atoms with E-state index in [0.29, 0.717) is 26.3 Å². The molecule has 0 saturated carbocycles. The Morgan fingerprint density at radius 1 is 0.696 bits per heavy atom. The minimum Gasteiger partial charge on any atom is -0.379 e. The molecule has 0 aromatic carbocycles. The maximum absolute atomic E-state index is 11.6. The van der Waals surface area contributed by atoms with Crippen LogP contribution in [0.25, 0.3) is 0 Å². The fourth-order valence-corrected chi connectivity index (χ4v) is 4.96. The van der Waals surface area contributed by atoms with Gasteiger partial charge in [-0.15, -0.1) is 0 Å². The molecule has 0 radical (unpaired) electrons. The van der Waals surface area contributed by atoms with E-state index in [1.807, 2.05) is 0 Å². The van der Waals surface area contributed by atoms with E-state index < -0.39 is 20.0 Å². The Bertz CT molecular complexity index is 546. The lowest BCUT2D eigenvalue weighted by Gasteiger charge is -2.27. The summed E-state index contributed by atoms with van der Waals surface area (Å²) in [6, 6.07) is 0. The average Bonchev–Trinajstić information content (AvgIpc) is 3.03. The van der Waals surface area contributed by atoms with Crippen molar-refractivity contribution >= 4 is 20.0 Å². The highest BCUT2D eigenvalue weighted by Crippen LogP contribution is 2.16. The first kappa shape index (κ1) is 20.8. The van der Waals surface area contributed by atoms with Gasteiger partial charge in [0.1, 0.15) is 0 Å². The Morgan fingerprint density at radius 3 is 1.39 bits per heavy atom. The van der Waals surface area contributed by atoms with Gasteiger partial charge in [-0.05, 0) is 40.5 Å². The molecule has 0 aromatic rings. The third-order valence-corrected chi connectivity index (χ3v) is 8.50. The molecule has 0 unspecified atom stereocenters. The van der Waals surface area contributed by atoms with Crippen molar-refractivity contribution in [1.29, 1.82) is 0 Å². The van der Waals surface area contributed by atoms with Gasteiger partial charge in [0.2, 0.25) is 20.0 Å². The molecular formula is C14H30N2O5S2. The molecule has 0 atom stereocenters. The second-order valence-corrected chi connectivity index (χ2v) is 11.3. The summed E-state index contributed by atoms with van der Waals surface area (Å²) in [5.74, 6) is 0. The molecule has 7 nitrogen and oxygen atoms in total. The van der Waals surface area contributed by atoms with E-state index in [1.165, 1.54) is 4.31 Å². The third kappa shape index (κ3) is 5.67. The van der Waals surface area contributed by atoms with Gasteiger partial charge in [0, 0.05) is 26.2 Å². The van der Waals surface area contributed by atoms with Crippen molar-refractivity contribution in [3.8, 4) is 0 Å². The highest BCUT2D eigenvalue weighted by Gasteiger charge is 2.28. The number of morpholine rings is 1. The van der Waals surface area contributed by atoms with E-state index in [4.69, 9.17) is 4.74 Å². The van der Waals surface area contributed by atoms with Crippen molar-refractivity contribution in [2.24, 2.45) is 0 Å². The normalized spacial score (nSPS) is 21.5. The lowest BCUT2D eigenvalue weighted by atomic mass is 10.4. The maximum Gasteiger partial charge on any atom is 0.216 e. The Morgan fingerprint density at radius 2 is 1.04 bits per heavy atom. The molecular weight excluding hydrogens is 340 g/mol. The van der Waals surface area contributed by atoms with Crippen LogP contribution in [-0.4, -0.2) is 75.3 Å². The predicted octanol–water partition coefficient (Wildman–Crippen LogP) is 0.877. The van der Waals surface area contributed by atoms with Gasteiger partial charge in [-0.2, -0.15) is 4.31 Å². The lowest BCUT2D eigenvalue weighted by molar-refractivity contribution is 0.0727. The summed E-state index contributed by atoms with van der Waals surface area (Å²) >= 11 is 0. The van der Waals surface area contributed by atoms with Gasteiger partial charge in [0.15, 0.2) is 0 Å². The molecule has 0 amide bonds. The van der Waals surface area contributed by atoms with Crippen LogP contribution >= 0.6 is 0 Å². The zero-order valence-electron chi connectivity index (χ0n) is 14.6.